The summed E-state index contributed by atoms with van der Waals surface area (Å²) < 4.78 is 0. The third kappa shape index (κ3) is 2.51. The molecule has 0 unspecified atom stereocenters. The van der Waals surface area contributed by atoms with E-state index in [1.54, 1.807) is 0 Å². The first kappa shape index (κ1) is 11.7. The van der Waals surface area contributed by atoms with Crippen LogP contribution in [0.15, 0.2) is 0 Å². The van der Waals surface area contributed by atoms with Crippen LogP contribution in [0.25, 0.3) is 0 Å². The van der Waals surface area contributed by atoms with Crippen molar-refractivity contribution in [2.24, 2.45) is 11.7 Å². The van der Waals surface area contributed by atoms with Crippen molar-refractivity contribution < 1.29 is 0 Å². The van der Waals surface area contributed by atoms with Crippen LogP contribution in [0.5, 0.6) is 0 Å². The van der Waals surface area contributed by atoms with Crippen molar-refractivity contribution in [3.8, 4) is 0 Å². The summed E-state index contributed by atoms with van der Waals surface area (Å²) in [6.45, 7) is 2.12. The highest BCUT2D eigenvalue weighted by molar-refractivity contribution is 7.99. The van der Waals surface area contributed by atoms with Gasteiger partial charge in [-0.1, -0.05) is 6.42 Å². The van der Waals surface area contributed by atoms with Crippen molar-refractivity contribution in [1.82, 2.24) is 4.90 Å². The predicted molar refractivity (Wildman–Crippen MR) is 68.3 cm³/mol. The Labute approximate surface area is 98.0 Å². The minimum absolute atomic E-state index is 0.334. The van der Waals surface area contributed by atoms with Crippen molar-refractivity contribution in [3.63, 3.8) is 0 Å². The van der Waals surface area contributed by atoms with Crippen LogP contribution in [-0.4, -0.2) is 42.1 Å². The van der Waals surface area contributed by atoms with Gasteiger partial charge in [-0.3, -0.25) is 4.90 Å². The first-order chi connectivity index (χ1) is 7.27. The van der Waals surface area contributed by atoms with Crippen molar-refractivity contribution >= 4 is 11.8 Å². The minimum Gasteiger partial charge on any atom is -0.329 e. The van der Waals surface area contributed by atoms with Gasteiger partial charge in [0.1, 0.15) is 0 Å². The molecule has 2 N–H and O–H groups in total. The summed E-state index contributed by atoms with van der Waals surface area (Å²) in [5.41, 5.74) is 6.36. The molecule has 2 nitrogen and oxygen atoms in total. The highest BCUT2D eigenvalue weighted by Gasteiger charge is 2.36. The third-order valence-electron chi connectivity index (χ3n) is 4.37. The molecule has 0 radical (unpaired) electrons. The van der Waals surface area contributed by atoms with E-state index < -0.39 is 0 Å². The molecule has 3 heteroatoms. The molecule has 0 amide bonds. The molecule has 0 bridgehead atoms. The summed E-state index contributed by atoms with van der Waals surface area (Å²) in [5, 5.41) is 0. The van der Waals surface area contributed by atoms with Crippen molar-refractivity contribution in [2.75, 3.05) is 31.6 Å². The second kappa shape index (κ2) is 5.07. The maximum Gasteiger partial charge on any atom is 0.0344 e. The van der Waals surface area contributed by atoms with Crippen LogP contribution in [0.3, 0.4) is 0 Å². The smallest absolute Gasteiger partial charge is 0.0344 e. The summed E-state index contributed by atoms with van der Waals surface area (Å²) >= 11 is 2.09. The average Bonchev–Trinajstić information content (AvgIpc) is 2.24. The zero-order valence-electron chi connectivity index (χ0n) is 9.87. The van der Waals surface area contributed by atoms with Gasteiger partial charge in [-0.05, 0) is 50.2 Å². The highest BCUT2D eigenvalue weighted by Crippen LogP contribution is 2.34. The van der Waals surface area contributed by atoms with E-state index in [0.29, 0.717) is 5.54 Å². The van der Waals surface area contributed by atoms with E-state index in [1.165, 1.54) is 50.2 Å². The molecule has 1 saturated carbocycles. The van der Waals surface area contributed by atoms with E-state index in [4.69, 9.17) is 5.73 Å². The Balaban J connectivity index is 1.90. The molecule has 0 aromatic carbocycles. The molecule has 1 aliphatic carbocycles. The fourth-order valence-corrected chi connectivity index (χ4v) is 4.00. The topological polar surface area (TPSA) is 29.3 Å². The lowest BCUT2D eigenvalue weighted by molar-refractivity contribution is 0.0774. The Morgan fingerprint density at radius 3 is 2.47 bits per heavy atom. The van der Waals surface area contributed by atoms with Gasteiger partial charge in [-0.25, -0.2) is 0 Å². The van der Waals surface area contributed by atoms with Crippen molar-refractivity contribution in [2.45, 2.75) is 37.6 Å². The van der Waals surface area contributed by atoms with Crippen LogP contribution in [-0.2, 0) is 0 Å². The van der Waals surface area contributed by atoms with Crippen LogP contribution in [0, 0.1) is 5.92 Å². The lowest BCUT2D eigenvalue weighted by Crippen LogP contribution is -2.55. The monoisotopic (exact) mass is 228 g/mol. The van der Waals surface area contributed by atoms with Gasteiger partial charge in [-0.2, -0.15) is 11.8 Å². The van der Waals surface area contributed by atoms with Gasteiger partial charge >= 0.3 is 0 Å². The molecule has 1 heterocycles. The summed E-state index contributed by atoms with van der Waals surface area (Å²) in [5.74, 6) is 3.56. The Morgan fingerprint density at radius 2 is 2.00 bits per heavy atom. The Bertz CT molecular complexity index is 198. The first-order valence-corrected chi connectivity index (χ1v) is 7.41. The highest BCUT2D eigenvalue weighted by atomic mass is 32.2. The molecule has 0 spiro atoms. The average molecular weight is 228 g/mol. The van der Waals surface area contributed by atoms with E-state index in [1.807, 2.05) is 0 Å². The number of nitrogens with zero attached hydrogens (tertiary/aromatic N) is 1. The summed E-state index contributed by atoms with van der Waals surface area (Å²) in [4.78, 5) is 2.58. The van der Waals surface area contributed by atoms with E-state index in [2.05, 4.69) is 23.7 Å². The molecular weight excluding hydrogens is 204 g/mol. The Morgan fingerprint density at radius 1 is 1.33 bits per heavy atom. The van der Waals surface area contributed by atoms with Crippen LogP contribution >= 0.6 is 11.8 Å². The van der Waals surface area contributed by atoms with Gasteiger partial charge in [0.05, 0.1) is 0 Å². The Kier molecular flexibility index (Phi) is 3.97. The van der Waals surface area contributed by atoms with Crippen LogP contribution in [0.2, 0.25) is 0 Å². The summed E-state index contributed by atoms with van der Waals surface area (Å²) in [6, 6.07) is 0. The van der Waals surface area contributed by atoms with Crippen LogP contribution in [0.4, 0.5) is 0 Å². The number of thioether (sulfide) groups is 1. The number of likely N-dealkylation sites (N-methyl/N-ethyl adjacent to an activating group) is 1. The van der Waals surface area contributed by atoms with Gasteiger partial charge in [0, 0.05) is 18.6 Å². The summed E-state index contributed by atoms with van der Waals surface area (Å²) in [6.07, 6.45) is 6.91. The standard InChI is InChI=1S/C12H24N2S/c1-14(9-11-3-2-4-11)12(10-13)5-7-15-8-6-12/h11H,2-10,13H2,1H3. The van der Waals surface area contributed by atoms with E-state index in [-0.39, 0.29) is 0 Å². The first-order valence-electron chi connectivity index (χ1n) is 6.26. The third-order valence-corrected chi connectivity index (χ3v) is 5.36. The van der Waals surface area contributed by atoms with E-state index >= 15 is 0 Å². The zero-order chi connectivity index (χ0) is 10.7. The number of rotatable bonds is 4. The molecule has 2 aliphatic rings. The van der Waals surface area contributed by atoms with Crippen molar-refractivity contribution in [3.05, 3.63) is 0 Å². The molecule has 2 fully saturated rings. The zero-order valence-corrected chi connectivity index (χ0v) is 10.7. The fourth-order valence-electron chi connectivity index (χ4n) is 2.75. The lowest BCUT2D eigenvalue weighted by atomic mass is 9.82. The molecule has 2 rings (SSSR count). The quantitative estimate of drug-likeness (QED) is 0.797. The van der Waals surface area contributed by atoms with Gasteiger partial charge in [-0.15, -0.1) is 0 Å². The molecule has 1 aliphatic heterocycles. The predicted octanol–water partition coefficient (Wildman–Crippen LogP) is 1.94. The van der Waals surface area contributed by atoms with E-state index in [9.17, 15) is 0 Å². The largest absolute Gasteiger partial charge is 0.329 e. The molecule has 88 valence electrons. The lowest BCUT2D eigenvalue weighted by Gasteiger charge is -2.46. The number of hydrogen-bond donors (Lipinski definition) is 1. The number of nitrogens with two attached hydrogens (primary N) is 1. The van der Waals surface area contributed by atoms with Crippen LogP contribution < -0.4 is 5.73 Å². The van der Waals surface area contributed by atoms with Crippen LogP contribution in [0.1, 0.15) is 32.1 Å². The molecule has 15 heavy (non-hydrogen) atoms. The molecular formula is C12H24N2S. The van der Waals surface area contributed by atoms with Gasteiger partial charge in [0.2, 0.25) is 0 Å². The molecule has 0 aromatic heterocycles. The molecule has 0 aromatic rings. The SMILES string of the molecule is CN(CC1CCC1)C1(CN)CCSCC1. The minimum atomic E-state index is 0.334. The van der Waals surface area contributed by atoms with Crippen molar-refractivity contribution in [1.29, 1.82) is 0 Å². The van der Waals surface area contributed by atoms with Gasteiger partial charge < -0.3 is 5.73 Å². The second-order valence-corrected chi connectivity index (χ2v) is 6.44. The molecule has 1 saturated heterocycles. The van der Waals surface area contributed by atoms with Gasteiger partial charge in [0.15, 0.2) is 0 Å². The summed E-state index contributed by atoms with van der Waals surface area (Å²) in [7, 11) is 2.29. The van der Waals surface area contributed by atoms with E-state index in [0.717, 1.165) is 12.5 Å². The normalized spacial score (nSPS) is 26.6. The fraction of sp³-hybridized carbons (Fsp3) is 1.00. The van der Waals surface area contributed by atoms with Gasteiger partial charge in [0.25, 0.3) is 0 Å². The Hall–Kier alpha value is 0.270. The maximum absolute atomic E-state index is 6.02. The number of hydrogen-bond acceptors (Lipinski definition) is 3. The second-order valence-electron chi connectivity index (χ2n) is 5.22. The maximum atomic E-state index is 6.02. The molecule has 0 atom stereocenters.